The van der Waals surface area contributed by atoms with Crippen LogP contribution in [-0.4, -0.2) is 36.0 Å². The smallest absolute Gasteiger partial charge is 0.254 e. The van der Waals surface area contributed by atoms with Gasteiger partial charge < -0.3 is 14.4 Å². The van der Waals surface area contributed by atoms with E-state index >= 15 is 0 Å². The van der Waals surface area contributed by atoms with E-state index in [1.165, 1.54) is 11.3 Å². The first-order valence-corrected chi connectivity index (χ1v) is 8.32. The predicted molar refractivity (Wildman–Crippen MR) is 95.7 cm³/mol. The van der Waals surface area contributed by atoms with Crippen LogP contribution in [0.2, 0.25) is 0 Å². The molecule has 1 aromatic carbocycles. The number of rotatable bonds is 9. The molecule has 1 aromatic heterocycles. The predicted octanol–water partition coefficient (Wildman–Crippen LogP) is 3.54. The number of thiazole rings is 1. The molecule has 5 nitrogen and oxygen atoms in total. The van der Waals surface area contributed by atoms with Crippen molar-refractivity contribution in [1.29, 1.82) is 0 Å². The average molecular weight is 344 g/mol. The topological polar surface area (TPSA) is 51.7 Å². The second-order valence-corrected chi connectivity index (χ2v) is 5.64. The van der Waals surface area contributed by atoms with Crippen LogP contribution in [0.5, 0.6) is 11.5 Å². The van der Waals surface area contributed by atoms with E-state index in [-0.39, 0.29) is 5.91 Å². The van der Waals surface area contributed by atoms with E-state index in [9.17, 15) is 4.79 Å². The Kier molecular flexibility index (Phi) is 6.57. The Morgan fingerprint density at radius 2 is 2.04 bits per heavy atom. The first-order chi connectivity index (χ1) is 11.7. The molecule has 0 fully saturated rings. The van der Waals surface area contributed by atoms with Gasteiger partial charge in [0.2, 0.25) is 0 Å². The molecule has 0 aliphatic heterocycles. The van der Waals surface area contributed by atoms with E-state index in [4.69, 9.17) is 9.47 Å². The average Bonchev–Trinajstić information content (AvgIpc) is 3.12. The molecule has 0 aliphatic rings. The Bertz CT molecular complexity index is 688. The van der Waals surface area contributed by atoms with Crippen molar-refractivity contribution >= 4 is 17.2 Å². The van der Waals surface area contributed by atoms with Crippen molar-refractivity contribution in [1.82, 2.24) is 9.88 Å². The molecule has 0 saturated heterocycles. The fourth-order valence-corrected chi connectivity index (χ4v) is 2.66. The Balaban J connectivity index is 2.15. The van der Waals surface area contributed by atoms with Gasteiger partial charge in [0.25, 0.3) is 5.91 Å². The summed E-state index contributed by atoms with van der Waals surface area (Å²) in [6.45, 7) is 8.62. The summed E-state index contributed by atoms with van der Waals surface area (Å²) in [7, 11) is 1.55. The lowest BCUT2D eigenvalue weighted by molar-refractivity contribution is 0.0790. The third-order valence-electron chi connectivity index (χ3n) is 3.26. The molecule has 0 unspecified atom stereocenters. The molecule has 0 N–H and O–H groups in total. The van der Waals surface area contributed by atoms with Gasteiger partial charge in [-0.05, 0) is 18.2 Å². The summed E-state index contributed by atoms with van der Waals surface area (Å²) in [5, 5.41) is 1.92. The van der Waals surface area contributed by atoms with Crippen molar-refractivity contribution in [2.75, 3.05) is 20.2 Å². The first-order valence-electron chi connectivity index (χ1n) is 7.38. The third kappa shape index (κ3) is 4.45. The van der Waals surface area contributed by atoms with Gasteiger partial charge in [0.1, 0.15) is 6.61 Å². The van der Waals surface area contributed by atoms with E-state index in [1.807, 2.05) is 5.38 Å². The van der Waals surface area contributed by atoms with Crippen molar-refractivity contribution in [3.63, 3.8) is 0 Å². The SMILES string of the molecule is C=CCN(CC=C)C(=O)c1ccc(OCc2cscn2)c(OC)c1. The molecule has 0 aliphatic carbocycles. The van der Waals surface area contributed by atoms with E-state index in [0.717, 1.165) is 5.69 Å². The normalized spacial score (nSPS) is 10.0. The minimum atomic E-state index is -0.112. The van der Waals surface area contributed by atoms with Gasteiger partial charge in [-0.25, -0.2) is 4.98 Å². The van der Waals surface area contributed by atoms with Gasteiger partial charge in [-0.2, -0.15) is 0 Å². The van der Waals surface area contributed by atoms with Gasteiger partial charge in [0.15, 0.2) is 11.5 Å². The van der Waals surface area contributed by atoms with Gasteiger partial charge in [0, 0.05) is 24.0 Å². The first kappa shape index (κ1) is 17.7. The fourth-order valence-electron chi connectivity index (χ4n) is 2.11. The molecule has 1 amide bonds. The van der Waals surface area contributed by atoms with Crippen LogP contribution < -0.4 is 9.47 Å². The number of aromatic nitrogens is 1. The second-order valence-electron chi connectivity index (χ2n) is 4.92. The number of carbonyl (C=O) groups excluding carboxylic acids is 1. The molecular formula is C18H20N2O3S. The van der Waals surface area contributed by atoms with Gasteiger partial charge in [-0.15, -0.1) is 24.5 Å². The molecule has 1 heterocycles. The molecule has 2 rings (SSSR count). The van der Waals surface area contributed by atoms with Gasteiger partial charge >= 0.3 is 0 Å². The summed E-state index contributed by atoms with van der Waals surface area (Å²) in [6.07, 6.45) is 3.37. The lowest BCUT2D eigenvalue weighted by Gasteiger charge is -2.20. The van der Waals surface area contributed by atoms with Crippen molar-refractivity contribution in [2.24, 2.45) is 0 Å². The number of amides is 1. The number of methoxy groups -OCH3 is 1. The lowest BCUT2D eigenvalue weighted by Crippen LogP contribution is -2.31. The van der Waals surface area contributed by atoms with Crippen LogP contribution in [0.15, 0.2) is 54.4 Å². The van der Waals surface area contributed by atoms with Crippen LogP contribution in [0.1, 0.15) is 16.1 Å². The summed E-state index contributed by atoms with van der Waals surface area (Å²) >= 11 is 1.51. The number of nitrogens with zero attached hydrogens (tertiary/aromatic N) is 2. The number of carbonyl (C=O) groups is 1. The van der Waals surface area contributed by atoms with Crippen LogP contribution in [0.25, 0.3) is 0 Å². The maximum absolute atomic E-state index is 12.6. The van der Waals surface area contributed by atoms with E-state index in [0.29, 0.717) is 36.8 Å². The fraction of sp³-hybridized carbons (Fsp3) is 0.222. The summed E-state index contributed by atoms with van der Waals surface area (Å²) in [5.74, 6) is 0.966. The summed E-state index contributed by atoms with van der Waals surface area (Å²) in [5.41, 5.74) is 3.13. The molecule has 2 aromatic rings. The van der Waals surface area contributed by atoms with Gasteiger partial charge in [-0.3, -0.25) is 4.79 Å². The van der Waals surface area contributed by atoms with Crippen molar-refractivity contribution in [3.05, 3.63) is 65.7 Å². The minimum Gasteiger partial charge on any atom is -0.493 e. The van der Waals surface area contributed by atoms with Crippen molar-refractivity contribution < 1.29 is 14.3 Å². The highest BCUT2D eigenvalue weighted by atomic mass is 32.1. The minimum absolute atomic E-state index is 0.112. The van der Waals surface area contributed by atoms with Crippen LogP contribution in [0.4, 0.5) is 0 Å². The quantitative estimate of drug-likeness (QED) is 0.653. The van der Waals surface area contributed by atoms with E-state index in [2.05, 4.69) is 18.1 Å². The zero-order valence-corrected chi connectivity index (χ0v) is 14.4. The molecule has 0 radical (unpaired) electrons. The molecule has 24 heavy (non-hydrogen) atoms. The third-order valence-corrected chi connectivity index (χ3v) is 3.89. The Morgan fingerprint density at radius 3 is 2.62 bits per heavy atom. The monoisotopic (exact) mass is 344 g/mol. The molecule has 0 saturated carbocycles. The molecule has 126 valence electrons. The Hall–Kier alpha value is -2.60. The second kappa shape index (κ2) is 8.88. The van der Waals surface area contributed by atoms with Crippen LogP contribution in [0.3, 0.4) is 0 Å². The molecule has 6 heteroatoms. The van der Waals surface area contributed by atoms with Crippen molar-refractivity contribution in [2.45, 2.75) is 6.61 Å². The Labute approximate surface area is 145 Å². The van der Waals surface area contributed by atoms with Crippen LogP contribution >= 0.6 is 11.3 Å². The van der Waals surface area contributed by atoms with Crippen LogP contribution in [-0.2, 0) is 6.61 Å². The summed E-state index contributed by atoms with van der Waals surface area (Å²) in [6, 6.07) is 5.14. The molecular weight excluding hydrogens is 324 g/mol. The van der Waals surface area contributed by atoms with Crippen LogP contribution in [0, 0.1) is 0 Å². The van der Waals surface area contributed by atoms with Crippen molar-refractivity contribution in [3.8, 4) is 11.5 Å². The standard InChI is InChI=1S/C18H20N2O3S/c1-4-8-20(9-5-2)18(21)14-6-7-16(17(10-14)22-3)23-11-15-12-24-13-19-15/h4-7,10,12-13H,1-2,8-9,11H2,3H3. The number of benzene rings is 1. The highest BCUT2D eigenvalue weighted by molar-refractivity contribution is 7.07. The zero-order chi connectivity index (χ0) is 17.4. The maximum atomic E-state index is 12.6. The Morgan fingerprint density at radius 1 is 1.29 bits per heavy atom. The molecule has 0 bridgehead atoms. The summed E-state index contributed by atoms with van der Waals surface area (Å²) < 4.78 is 11.1. The number of hydrogen-bond acceptors (Lipinski definition) is 5. The number of ether oxygens (including phenoxy) is 2. The number of hydrogen-bond donors (Lipinski definition) is 0. The highest BCUT2D eigenvalue weighted by Gasteiger charge is 2.16. The van der Waals surface area contributed by atoms with Gasteiger partial charge in [-0.1, -0.05) is 12.2 Å². The molecule has 0 atom stereocenters. The zero-order valence-electron chi connectivity index (χ0n) is 13.6. The molecule has 0 spiro atoms. The van der Waals surface area contributed by atoms with E-state index < -0.39 is 0 Å². The maximum Gasteiger partial charge on any atom is 0.254 e. The van der Waals surface area contributed by atoms with Gasteiger partial charge in [0.05, 0.1) is 18.3 Å². The lowest BCUT2D eigenvalue weighted by atomic mass is 10.1. The largest absolute Gasteiger partial charge is 0.493 e. The summed E-state index contributed by atoms with van der Waals surface area (Å²) in [4.78, 5) is 18.4. The highest BCUT2D eigenvalue weighted by Crippen LogP contribution is 2.29. The van der Waals surface area contributed by atoms with E-state index in [1.54, 1.807) is 47.9 Å².